The van der Waals surface area contributed by atoms with Gasteiger partial charge in [0.25, 0.3) is 0 Å². The summed E-state index contributed by atoms with van der Waals surface area (Å²) in [6.45, 7) is 3.76. The normalized spacial score (nSPS) is 25.8. The first-order chi connectivity index (χ1) is 11.2. The van der Waals surface area contributed by atoms with Crippen LogP contribution in [0.15, 0.2) is 18.2 Å². The monoisotopic (exact) mass is 317 g/mol. The maximum absolute atomic E-state index is 14.0. The third kappa shape index (κ3) is 3.72. The lowest BCUT2D eigenvalue weighted by molar-refractivity contribution is 0.119. The quantitative estimate of drug-likeness (QED) is 0.904. The average Bonchev–Trinajstić information content (AvgIpc) is 3.19. The van der Waals surface area contributed by atoms with Crippen molar-refractivity contribution in [1.82, 2.24) is 9.80 Å². The van der Waals surface area contributed by atoms with E-state index in [2.05, 4.69) is 15.9 Å². The van der Waals surface area contributed by atoms with Crippen LogP contribution in [0.5, 0.6) is 0 Å². The molecule has 23 heavy (non-hydrogen) atoms. The van der Waals surface area contributed by atoms with Gasteiger partial charge in [0.2, 0.25) is 0 Å². The van der Waals surface area contributed by atoms with Gasteiger partial charge in [-0.1, -0.05) is 0 Å². The standard InChI is InChI=1S/C18H24FN3O/c19-18-6-5-14(10-20)9-15(18)11-21-7-1-3-16(21)12-22-8-2-4-17(22)13-23/h5-6,9,16-17,23H,1-4,7-8,11-13H2. The number of halogens is 1. The van der Waals surface area contributed by atoms with Gasteiger partial charge in [0, 0.05) is 30.7 Å². The molecule has 0 aromatic heterocycles. The van der Waals surface area contributed by atoms with E-state index in [0.29, 0.717) is 23.7 Å². The number of benzene rings is 1. The lowest BCUT2D eigenvalue weighted by Crippen LogP contribution is -2.43. The van der Waals surface area contributed by atoms with Gasteiger partial charge in [0.05, 0.1) is 18.2 Å². The molecule has 2 unspecified atom stereocenters. The SMILES string of the molecule is N#Cc1ccc(F)c(CN2CCCC2CN2CCCC2CO)c1. The van der Waals surface area contributed by atoms with Crippen molar-refractivity contribution in [1.29, 1.82) is 5.26 Å². The highest BCUT2D eigenvalue weighted by Gasteiger charge is 2.31. The van der Waals surface area contributed by atoms with Gasteiger partial charge in [-0.15, -0.1) is 0 Å². The van der Waals surface area contributed by atoms with Gasteiger partial charge in [0.1, 0.15) is 5.82 Å². The van der Waals surface area contributed by atoms with E-state index < -0.39 is 0 Å². The maximum Gasteiger partial charge on any atom is 0.127 e. The summed E-state index contributed by atoms with van der Waals surface area (Å²) in [6, 6.07) is 7.36. The number of aliphatic hydroxyl groups is 1. The second-order valence-electron chi connectivity index (χ2n) is 6.66. The van der Waals surface area contributed by atoms with Crippen LogP contribution in [0.4, 0.5) is 4.39 Å². The number of nitriles is 1. The van der Waals surface area contributed by atoms with Crippen molar-refractivity contribution in [3.05, 3.63) is 35.1 Å². The van der Waals surface area contributed by atoms with Crippen molar-refractivity contribution >= 4 is 0 Å². The molecular formula is C18H24FN3O. The van der Waals surface area contributed by atoms with E-state index in [1.165, 1.54) is 12.1 Å². The lowest BCUT2D eigenvalue weighted by atomic mass is 10.1. The summed E-state index contributed by atoms with van der Waals surface area (Å²) in [5, 5.41) is 18.5. The molecule has 0 aliphatic carbocycles. The minimum Gasteiger partial charge on any atom is -0.395 e. The van der Waals surface area contributed by atoms with Crippen LogP contribution in [0.25, 0.3) is 0 Å². The molecule has 2 aliphatic rings. The van der Waals surface area contributed by atoms with Crippen LogP contribution in [-0.2, 0) is 6.54 Å². The average molecular weight is 317 g/mol. The van der Waals surface area contributed by atoms with Crippen molar-refractivity contribution in [2.24, 2.45) is 0 Å². The predicted octanol–water partition coefficient (Wildman–Crippen LogP) is 2.12. The third-order valence-corrected chi connectivity index (χ3v) is 5.20. The molecule has 0 saturated carbocycles. The van der Waals surface area contributed by atoms with Crippen LogP contribution in [0, 0.1) is 17.1 Å². The molecule has 2 heterocycles. The Balaban J connectivity index is 1.66. The van der Waals surface area contributed by atoms with Crippen molar-refractivity contribution in [2.45, 2.75) is 44.3 Å². The number of rotatable bonds is 5. The Morgan fingerprint density at radius 1 is 1.17 bits per heavy atom. The largest absolute Gasteiger partial charge is 0.395 e. The van der Waals surface area contributed by atoms with Gasteiger partial charge >= 0.3 is 0 Å². The molecule has 1 N–H and O–H groups in total. The molecule has 0 spiro atoms. The third-order valence-electron chi connectivity index (χ3n) is 5.20. The number of nitrogens with zero attached hydrogens (tertiary/aromatic N) is 3. The van der Waals surface area contributed by atoms with Gasteiger partial charge in [-0.2, -0.15) is 5.26 Å². The minimum absolute atomic E-state index is 0.228. The first-order valence-corrected chi connectivity index (χ1v) is 8.48. The molecule has 4 nitrogen and oxygen atoms in total. The Hall–Kier alpha value is -1.48. The summed E-state index contributed by atoms with van der Waals surface area (Å²) in [5.74, 6) is -0.232. The summed E-state index contributed by atoms with van der Waals surface area (Å²) >= 11 is 0. The molecule has 0 amide bonds. The van der Waals surface area contributed by atoms with Gasteiger partial charge in [-0.25, -0.2) is 4.39 Å². The Morgan fingerprint density at radius 3 is 2.65 bits per heavy atom. The van der Waals surface area contributed by atoms with Gasteiger partial charge in [-0.3, -0.25) is 9.80 Å². The Bertz CT molecular complexity index is 586. The summed E-state index contributed by atoms with van der Waals surface area (Å²) in [6.07, 6.45) is 4.47. The van der Waals surface area contributed by atoms with E-state index in [4.69, 9.17) is 5.26 Å². The van der Waals surface area contributed by atoms with E-state index in [1.54, 1.807) is 6.07 Å². The van der Waals surface area contributed by atoms with Crippen LogP contribution in [-0.4, -0.2) is 53.2 Å². The number of hydrogen-bond acceptors (Lipinski definition) is 4. The zero-order valence-corrected chi connectivity index (χ0v) is 13.4. The van der Waals surface area contributed by atoms with E-state index in [0.717, 1.165) is 45.3 Å². The van der Waals surface area contributed by atoms with Crippen molar-refractivity contribution < 1.29 is 9.50 Å². The van der Waals surface area contributed by atoms with E-state index in [9.17, 15) is 9.50 Å². The highest BCUT2D eigenvalue weighted by atomic mass is 19.1. The zero-order valence-electron chi connectivity index (χ0n) is 13.4. The number of aliphatic hydroxyl groups excluding tert-OH is 1. The van der Waals surface area contributed by atoms with Crippen molar-refractivity contribution in [3.63, 3.8) is 0 Å². The Labute approximate surface area is 137 Å². The molecule has 5 heteroatoms. The van der Waals surface area contributed by atoms with Gasteiger partial charge in [0.15, 0.2) is 0 Å². The van der Waals surface area contributed by atoms with E-state index >= 15 is 0 Å². The molecule has 2 atom stereocenters. The van der Waals surface area contributed by atoms with Crippen LogP contribution in [0.2, 0.25) is 0 Å². The second kappa shape index (κ2) is 7.39. The topological polar surface area (TPSA) is 50.5 Å². The molecular weight excluding hydrogens is 293 g/mol. The molecule has 0 bridgehead atoms. The Morgan fingerprint density at radius 2 is 1.91 bits per heavy atom. The smallest absolute Gasteiger partial charge is 0.127 e. The summed E-state index contributed by atoms with van der Waals surface area (Å²) in [7, 11) is 0. The summed E-state index contributed by atoms with van der Waals surface area (Å²) in [5.41, 5.74) is 1.12. The van der Waals surface area contributed by atoms with Crippen molar-refractivity contribution in [2.75, 3.05) is 26.2 Å². The van der Waals surface area contributed by atoms with Crippen LogP contribution in [0.1, 0.15) is 36.8 Å². The van der Waals surface area contributed by atoms with Gasteiger partial charge < -0.3 is 5.11 Å². The van der Waals surface area contributed by atoms with E-state index in [-0.39, 0.29) is 18.5 Å². The first kappa shape index (κ1) is 16.4. The highest BCUT2D eigenvalue weighted by molar-refractivity contribution is 5.33. The zero-order chi connectivity index (χ0) is 16.2. The Kier molecular flexibility index (Phi) is 5.27. The molecule has 2 aliphatic heterocycles. The highest BCUT2D eigenvalue weighted by Crippen LogP contribution is 2.25. The first-order valence-electron chi connectivity index (χ1n) is 8.48. The van der Waals surface area contributed by atoms with Crippen LogP contribution in [0.3, 0.4) is 0 Å². The number of likely N-dealkylation sites (tertiary alicyclic amines) is 2. The molecule has 1 aromatic carbocycles. The van der Waals surface area contributed by atoms with Gasteiger partial charge in [-0.05, 0) is 57.0 Å². The fourth-order valence-corrected chi connectivity index (χ4v) is 3.91. The predicted molar refractivity (Wildman–Crippen MR) is 86.2 cm³/mol. The molecule has 0 radical (unpaired) electrons. The molecule has 2 fully saturated rings. The second-order valence-corrected chi connectivity index (χ2v) is 6.66. The summed E-state index contributed by atoms with van der Waals surface area (Å²) < 4.78 is 14.0. The minimum atomic E-state index is -0.232. The molecule has 2 saturated heterocycles. The van der Waals surface area contributed by atoms with Crippen LogP contribution < -0.4 is 0 Å². The lowest BCUT2D eigenvalue weighted by Gasteiger charge is -2.31. The molecule has 1 aromatic rings. The molecule has 124 valence electrons. The van der Waals surface area contributed by atoms with E-state index in [1.807, 2.05) is 0 Å². The summed E-state index contributed by atoms with van der Waals surface area (Å²) in [4.78, 5) is 4.71. The fraction of sp³-hybridized carbons (Fsp3) is 0.611. The van der Waals surface area contributed by atoms with Crippen molar-refractivity contribution in [3.8, 4) is 6.07 Å². The fourth-order valence-electron chi connectivity index (χ4n) is 3.91. The maximum atomic E-state index is 14.0. The number of hydrogen-bond donors (Lipinski definition) is 1. The van der Waals surface area contributed by atoms with Crippen LogP contribution >= 0.6 is 0 Å². The molecule has 3 rings (SSSR count).